The lowest BCUT2D eigenvalue weighted by Gasteiger charge is -2.29. The van der Waals surface area contributed by atoms with Crippen molar-refractivity contribution in [1.29, 1.82) is 0 Å². The number of amides is 2. The first kappa shape index (κ1) is 11.4. The van der Waals surface area contributed by atoms with E-state index < -0.39 is 5.97 Å². The number of nitrogens with one attached hydrogen (secondary N) is 1. The van der Waals surface area contributed by atoms with Gasteiger partial charge in [0, 0.05) is 19.2 Å². The largest absolute Gasteiger partial charge is 0.481 e. The highest BCUT2D eigenvalue weighted by Gasteiger charge is 2.27. The molecule has 1 aliphatic rings. The number of hydrogen-bond donors (Lipinski definition) is 2. The Kier molecular flexibility index (Phi) is 3.27. The van der Waals surface area contributed by atoms with Crippen LogP contribution in [0.25, 0.3) is 0 Å². The number of carbonyl (C=O) groups is 2. The number of rotatable bonds is 2. The summed E-state index contributed by atoms with van der Waals surface area (Å²) in [5.41, 5.74) is 0. The fourth-order valence-electron chi connectivity index (χ4n) is 1.79. The van der Waals surface area contributed by atoms with Crippen molar-refractivity contribution >= 4 is 17.9 Å². The van der Waals surface area contributed by atoms with Crippen LogP contribution in [0.2, 0.25) is 0 Å². The highest BCUT2D eigenvalue weighted by molar-refractivity contribution is 5.88. The number of carboxylic acid groups (broad SMARTS) is 1. The third-order valence-electron chi connectivity index (χ3n) is 2.80. The topological polar surface area (TPSA) is 95.7 Å². The van der Waals surface area contributed by atoms with E-state index in [9.17, 15) is 9.59 Å². The molecule has 0 unspecified atom stereocenters. The average molecular weight is 239 g/mol. The van der Waals surface area contributed by atoms with E-state index in [2.05, 4.69) is 10.5 Å². The van der Waals surface area contributed by atoms with Gasteiger partial charge in [-0.3, -0.25) is 10.1 Å². The van der Waals surface area contributed by atoms with Crippen LogP contribution in [-0.2, 0) is 4.79 Å². The SMILES string of the molecule is O=C(O)C1CCN(C(=O)Nc2ccno2)CC1. The molecule has 7 nitrogen and oxygen atoms in total. The number of likely N-dealkylation sites (tertiary alicyclic amines) is 1. The Morgan fingerprint density at radius 1 is 1.47 bits per heavy atom. The van der Waals surface area contributed by atoms with Gasteiger partial charge in [0.15, 0.2) is 0 Å². The van der Waals surface area contributed by atoms with Gasteiger partial charge in [0.1, 0.15) is 0 Å². The van der Waals surface area contributed by atoms with E-state index in [1.54, 1.807) is 11.0 Å². The molecule has 1 aromatic heterocycles. The van der Waals surface area contributed by atoms with Gasteiger partial charge in [0.2, 0.25) is 5.88 Å². The lowest BCUT2D eigenvalue weighted by atomic mass is 9.97. The summed E-state index contributed by atoms with van der Waals surface area (Å²) in [6.45, 7) is 0.883. The summed E-state index contributed by atoms with van der Waals surface area (Å²) in [5, 5.41) is 14.8. The normalized spacial score (nSPS) is 16.8. The van der Waals surface area contributed by atoms with Crippen molar-refractivity contribution in [3.63, 3.8) is 0 Å². The second-order valence-corrected chi connectivity index (χ2v) is 3.91. The highest BCUT2D eigenvalue weighted by atomic mass is 16.5. The number of aromatic nitrogens is 1. The van der Waals surface area contributed by atoms with Crippen LogP contribution in [0.3, 0.4) is 0 Å². The second kappa shape index (κ2) is 4.86. The Hall–Kier alpha value is -2.05. The molecule has 0 aliphatic carbocycles. The molecule has 0 saturated carbocycles. The number of anilines is 1. The van der Waals surface area contributed by atoms with Gasteiger partial charge in [-0.15, -0.1) is 0 Å². The van der Waals surface area contributed by atoms with Crippen LogP contribution in [0.4, 0.5) is 10.7 Å². The first-order valence-corrected chi connectivity index (χ1v) is 5.36. The van der Waals surface area contributed by atoms with E-state index >= 15 is 0 Å². The molecule has 0 bridgehead atoms. The number of carbonyl (C=O) groups excluding carboxylic acids is 1. The maximum atomic E-state index is 11.7. The molecule has 1 fully saturated rings. The van der Waals surface area contributed by atoms with Crippen LogP contribution >= 0.6 is 0 Å². The lowest BCUT2D eigenvalue weighted by molar-refractivity contribution is -0.143. The first-order chi connectivity index (χ1) is 8.16. The third-order valence-corrected chi connectivity index (χ3v) is 2.80. The number of aliphatic carboxylic acids is 1. The zero-order valence-corrected chi connectivity index (χ0v) is 9.13. The minimum atomic E-state index is -0.791. The predicted octanol–water partition coefficient (Wildman–Crippen LogP) is 1.00. The van der Waals surface area contributed by atoms with E-state index in [0.717, 1.165) is 0 Å². The quantitative estimate of drug-likeness (QED) is 0.802. The molecular formula is C10H13N3O4. The van der Waals surface area contributed by atoms with Crippen LogP contribution in [-0.4, -0.2) is 40.3 Å². The summed E-state index contributed by atoms with van der Waals surface area (Å²) >= 11 is 0. The van der Waals surface area contributed by atoms with E-state index in [1.807, 2.05) is 0 Å². The van der Waals surface area contributed by atoms with E-state index in [1.165, 1.54) is 6.20 Å². The van der Waals surface area contributed by atoms with Crippen LogP contribution in [0.5, 0.6) is 0 Å². The van der Waals surface area contributed by atoms with Crippen molar-refractivity contribution in [2.24, 2.45) is 5.92 Å². The summed E-state index contributed by atoms with van der Waals surface area (Å²) < 4.78 is 4.75. The molecule has 92 valence electrons. The number of urea groups is 1. The van der Waals surface area contributed by atoms with Gasteiger partial charge in [-0.1, -0.05) is 5.16 Å². The smallest absolute Gasteiger partial charge is 0.324 e. The third kappa shape index (κ3) is 2.74. The summed E-state index contributed by atoms with van der Waals surface area (Å²) in [6.07, 6.45) is 2.41. The molecule has 0 radical (unpaired) electrons. The molecule has 1 aromatic rings. The van der Waals surface area contributed by atoms with Gasteiger partial charge < -0.3 is 14.5 Å². The van der Waals surface area contributed by atoms with Crippen LogP contribution in [0.15, 0.2) is 16.8 Å². The van der Waals surface area contributed by atoms with Crippen molar-refractivity contribution in [3.8, 4) is 0 Å². The molecular weight excluding hydrogens is 226 g/mol. The molecule has 2 rings (SSSR count). The van der Waals surface area contributed by atoms with Gasteiger partial charge in [-0.2, -0.15) is 0 Å². The van der Waals surface area contributed by atoms with Crippen molar-refractivity contribution < 1.29 is 19.2 Å². The van der Waals surface area contributed by atoms with Gasteiger partial charge >= 0.3 is 12.0 Å². The second-order valence-electron chi connectivity index (χ2n) is 3.91. The molecule has 0 atom stereocenters. The van der Waals surface area contributed by atoms with Gasteiger partial charge in [-0.25, -0.2) is 4.79 Å². The molecule has 17 heavy (non-hydrogen) atoms. The number of nitrogens with zero attached hydrogens (tertiary/aromatic N) is 2. The molecule has 2 amide bonds. The van der Waals surface area contributed by atoms with E-state index in [-0.39, 0.29) is 17.8 Å². The average Bonchev–Trinajstić information content (AvgIpc) is 2.82. The summed E-state index contributed by atoms with van der Waals surface area (Å²) in [4.78, 5) is 24.0. The molecule has 1 aliphatic heterocycles. The standard InChI is InChI=1S/C10H13N3O4/c14-9(15)7-2-5-13(6-3-7)10(16)12-8-1-4-11-17-8/h1,4,7H,2-3,5-6H2,(H,12,16)(H,14,15). The van der Waals surface area contributed by atoms with Crippen molar-refractivity contribution in [3.05, 3.63) is 12.3 Å². The summed E-state index contributed by atoms with van der Waals surface area (Å²) in [6, 6.07) is 1.26. The molecule has 7 heteroatoms. The van der Waals surface area contributed by atoms with Crippen molar-refractivity contribution in [2.45, 2.75) is 12.8 Å². The Labute approximate surface area is 97.4 Å². The Morgan fingerprint density at radius 3 is 2.71 bits per heavy atom. The van der Waals surface area contributed by atoms with E-state index in [0.29, 0.717) is 25.9 Å². The maximum Gasteiger partial charge on any atom is 0.324 e. The Bertz CT molecular complexity index is 396. The van der Waals surface area contributed by atoms with E-state index in [4.69, 9.17) is 9.63 Å². The first-order valence-electron chi connectivity index (χ1n) is 5.36. The predicted molar refractivity (Wildman–Crippen MR) is 57.5 cm³/mol. The zero-order chi connectivity index (χ0) is 12.3. The Morgan fingerprint density at radius 2 is 2.18 bits per heavy atom. The minimum Gasteiger partial charge on any atom is -0.481 e. The van der Waals surface area contributed by atoms with Crippen molar-refractivity contribution in [1.82, 2.24) is 10.1 Å². The fraction of sp³-hybridized carbons (Fsp3) is 0.500. The van der Waals surface area contributed by atoms with Crippen molar-refractivity contribution in [2.75, 3.05) is 18.4 Å². The minimum absolute atomic E-state index is 0.286. The fourth-order valence-corrected chi connectivity index (χ4v) is 1.79. The molecule has 2 heterocycles. The van der Waals surface area contributed by atoms with Crippen LogP contribution in [0, 0.1) is 5.92 Å². The molecule has 2 N–H and O–H groups in total. The van der Waals surface area contributed by atoms with Crippen LogP contribution < -0.4 is 5.32 Å². The number of carboxylic acids is 1. The summed E-state index contributed by atoms with van der Waals surface area (Å²) in [7, 11) is 0. The van der Waals surface area contributed by atoms with Gasteiger partial charge in [0.05, 0.1) is 12.1 Å². The number of piperidine rings is 1. The van der Waals surface area contributed by atoms with Gasteiger partial charge in [0.25, 0.3) is 0 Å². The molecule has 0 aromatic carbocycles. The van der Waals surface area contributed by atoms with Crippen LogP contribution in [0.1, 0.15) is 12.8 Å². The molecule has 0 spiro atoms. The highest BCUT2D eigenvalue weighted by Crippen LogP contribution is 2.18. The maximum absolute atomic E-state index is 11.7. The monoisotopic (exact) mass is 239 g/mol. The summed E-state index contributed by atoms with van der Waals surface area (Å²) in [5.74, 6) is -0.847. The lowest BCUT2D eigenvalue weighted by Crippen LogP contribution is -2.42. The zero-order valence-electron chi connectivity index (χ0n) is 9.13. The Balaban J connectivity index is 1.84. The van der Waals surface area contributed by atoms with Gasteiger partial charge in [-0.05, 0) is 12.8 Å². The molecule has 1 saturated heterocycles. The number of hydrogen-bond acceptors (Lipinski definition) is 4.